The molecule has 0 radical (unpaired) electrons. The third kappa shape index (κ3) is 7.77. The molecule has 0 atom stereocenters. The van der Waals surface area contributed by atoms with Crippen LogP contribution in [0.2, 0.25) is 0 Å². The molecular formula is C21H24F2N2O4. The van der Waals surface area contributed by atoms with Gasteiger partial charge in [0.15, 0.2) is 11.5 Å². The Balaban J connectivity index is 1.93. The van der Waals surface area contributed by atoms with E-state index in [1.165, 1.54) is 18.2 Å². The van der Waals surface area contributed by atoms with Crippen LogP contribution in [0.15, 0.2) is 42.6 Å². The zero-order chi connectivity index (χ0) is 21.2. The number of aromatic nitrogens is 1. The van der Waals surface area contributed by atoms with Crippen LogP contribution >= 0.6 is 0 Å². The van der Waals surface area contributed by atoms with Gasteiger partial charge in [-0.2, -0.15) is 8.78 Å². The van der Waals surface area contributed by atoms with E-state index >= 15 is 0 Å². The van der Waals surface area contributed by atoms with E-state index in [4.69, 9.17) is 9.47 Å². The fourth-order valence-electron chi connectivity index (χ4n) is 2.34. The maximum atomic E-state index is 12.4. The van der Waals surface area contributed by atoms with Crippen molar-refractivity contribution in [3.05, 3.63) is 53.7 Å². The third-order valence-corrected chi connectivity index (χ3v) is 3.53. The van der Waals surface area contributed by atoms with Crippen LogP contribution in [0.5, 0.6) is 17.4 Å². The first-order valence-electron chi connectivity index (χ1n) is 9.16. The van der Waals surface area contributed by atoms with Crippen LogP contribution in [-0.2, 0) is 11.3 Å². The van der Waals surface area contributed by atoms with Gasteiger partial charge in [0, 0.05) is 24.9 Å². The lowest BCUT2D eigenvalue weighted by Gasteiger charge is -2.11. The number of pyridine rings is 1. The number of carbonyl (C=O) groups excluding carboxylic acids is 1. The van der Waals surface area contributed by atoms with Gasteiger partial charge in [-0.1, -0.05) is 12.1 Å². The molecule has 2 rings (SSSR count). The second kappa shape index (κ2) is 11.0. The minimum atomic E-state index is -2.94. The van der Waals surface area contributed by atoms with E-state index in [2.05, 4.69) is 15.0 Å². The number of carbonyl (C=O) groups is 1. The van der Waals surface area contributed by atoms with Crippen molar-refractivity contribution in [2.24, 2.45) is 0 Å². The van der Waals surface area contributed by atoms with Gasteiger partial charge in [0.25, 0.3) is 0 Å². The zero-order valence-corrected chi connectivity index (χ0v) is 16.5. The summed E-state index contributed by atoms with van der Waals surface area (Å²) >= 11 is 0. The van der Waals surface area contributed by atoms with Gasteiger partial charge in [-0.25, -0.2) is 4.98 Å². The van der Waals surface area contributed by atoms with E-state index in [0.29, 0.717) is 24.6 Å². The molecule has 2 aromatic rings. The predicted molar refractivity (Wildman–Crippen MR) is 105 cm³/mol. The molecule has 0 saturated heterocycles. The number of halogens is 2. The molecule has 29 heavy (non-hydrogen) atoms. The van der Waals surface area contributed by atoms with Crippen molar-refractivity contribution in [2.45, 2.75) is 40.0 Å². The van der Waals surface area contributed by atoms with Gasteiger partial charge in [-0.3, -0.25) is 4.79 Å². The van der Waals surface area contributed by atoms with Crippen LogP contribution < -0.4 is 19.5 Å². The number of alkyl halides is 2. The van der Waals surface area contributed by atoms with Crippen molar-refractivity contribution in [2.75, 3.05) is 6.61 Å². The number of benzene rings is 1. The summed E-state index contributed by atoms with van der Waals surface area (Å²) < 4.78 is 40.1. The molecule has 156 valence electrons. The van der Waals surface area contributed by atoms with Crippen LogP contribution in [0.25, 0.3) is 6.08 Å². The number of nitrogens with zero attached hydrogens (tertiary/aromatic N) is 1. The second-order valence-electron chi connectivity index (χ2n) is 6.24. The Morgan fingerprint density at radius 3 is 2.59 bits per heavy atom. The Hall–Kier alpha value is -3.16. The highest BCUT2D eigenvalue weighted by Crippen LogP contribution is 2.30. The molecule has 1 aromatic carbocycles. The molecule has 0 saturated carbocycles. The molecule has 0 spiro atoms. The lowest BCUT2D eigenvalue weighted by Crippen LogP contribution is -2.20. The topological polar surface area (TPSA) is 69.7 Å². The Morgan fingerprint density at radius 2 is 1.97 bits per heavy atom. The summed E-state index contributed by atoms with van der Waals surface area (Å²) in [5.74, 6) is 0.351. The Labute approximate surface area is 168 Å². The highest BCUT2D eigenvalue weighted by atomic mass is 19.3. The number of nitrogens with one attached hydrogen (secondary N) is 1. The molecule has 0 unspecified atom stereocenters. The Morgan fingerprint density at radius 1 is 1.17 bits per heavy atom. The zero-order valence-electron chi connectivity index (χ0n) is 16.5. The summed E-state index contributed by atoms with van der Waals surface area (Å²) in [6.45, 7) is 3.23. The van der Waals surface area contributed by atoms with Crippen molar-refractivity contribution in [3.63, 3.8) is 0 Å². The number of ether oxygens (including phenoxy) is 3. The molecule has 8 heteroatoms. The molecule has 0 aliphatic carbocycles. The first-order valence-corrected chi connectivity index (χ1v) is 9.16. The Kier molecular flexibility index (Phi) is 8.39. The van der Waals surface area contributed by atoms with Crippen molar-refractivity contribution in [1.29, 1.82) is 0 Å². The van der Waals surface area contributed by atoms with Crippen LogP contribution in [0.3, 0.4) is 0 Å². The first kappa shape index (κ1) is 22.1. The summed E-state index contributed by atoms with van der Waals surface area (Å²) in [5, 5.41) is 2.75. The van der Waals surface area contributed by atoms with Gasteiger partial charge in [-0.15, -0.1) is 0 Å². The maximum Gasteiger partial charge on any atom is 0.387 e. The smallest absolute Gasteiger partial charge is 0.387 e. The fraction of sp³-hybridized carbons (Fsp3) is 0.333. The average molecular weight is 406 g/mol. The molecule has 1 aromatic heterocycles. The highest BCUT2D eigenvalue weighted by Gasteiger charge is 2.11. The van der Waals surface area contributed by atoms with Gasteiger partial charge < -0.3 is 19.5 Å². The van der Waals surface area contributed by atoms with Crippen molar-refractivity contribution < 1.29 is 27.8 Å². The van der Waals surface area contributed by atoms with Crippen LogP contribution in [0.1, 0.15) is 31.9 Å². The standard InChI is InChI=1S/C21H24F2N2O4/c1-4-27-18-11-15(5-8-17(18)29-21(22)23)6-9-19(26)24-12-16-7-10-20(25-13-16)28-14(2)3/h5-11,13-14,21H,4,12H2,1-3H3,(H,24,26)/b9-6+. The van der Waals surface area contributed by atoms with E-state index in [9.17, 15) is 13.6 Å². The summed E-state index contributed by atoms with van der Waals surface area (Å²) in [4.78, 5) is 16.2. The minimum absolute atomic E-state index is 0.0393. The maximum absolute atomic E-state index is 12.4. The highest BCUT2D eigenvalue weighted by molar-refractivity contribution is 5.91. The summed E-state index contributed by atoms with van der Waals surface area (Å²) in [5.41, 5.74) is 1.44. The summed E-state index contributed by atoms with van der Waals surface area (Å²) in [6, 6.07) is 8.03. The monoisotopic (exact) mass is 406 g/mol. The quantitative estimate of drug-likeness (QED) is 0.599. The van der Waals surface area contributed by atoms with Crippen LogP contribution in [-0.4, -0.2) is 30.2 Å². The molecule has 0 bridgehead atoms. The normalized spacial score (nSPS) is 11.1. The predicted octanol–water partition coefficient (Wildman–Crippen LogP) is 4.20. The summed E-state index contributed by atoms with van der Waals surface area (Å²) in [7, 11) is 0. The molecule has 1 heterocycles. The van der Waals surface area contributed by atoms with E-state index in [-0.39, 0.29) is 23.5 Å². The van der Waals surface area contributed by atoms with Gasteiger partial charge in [0.05, 0.1) is 12.7 Å². The number of hydrogen-bond acceptors (Lipinski definition) is 5. The lowest BCUT2D eigenvalue weighted by molar-refractivity contribution is -0.116. The van der Waals surface area contributed by atoms with Crippen molar-refractivity contribution in [1.82, 2.24) is 10.3 Å². The second-order valence-corrected chi connectivity index (χ2v) is 6.24. The third-order valence-electron chi connectivity index (χ3n) is 3.53. The minimum Gasteiger partial charge on any atom is -0.490 e. The van der Waals surface area contributed by atoms with Gasteiger partial charge >= 0.3 is 6.61 Å². The van der Waals surface area contributed by atoms with Crippen molar-refractivity contribution >= 4 is 12.0 Å². The van der Waals surface area contributed by atoms with Gasteiger partial charge in [-0.05, 0) is 50.1 Å². The Bertz CT molecular complexity index is 824. The van der Waals surface area contributed by atoms with Gasteiger partial charge in [0.2, 0.25) is 11.8 Å². The molecule has 6 nitrogen and oxygen atoms in total. The number of rotatable bonds is 10. The number of hydrogen-bond donors (Lipinski definition) is 1. The van der Waals surface area contributed by atoms with E-state index in [1.807, 2.05) is 19.9 Å². The molecular weight excluding hydrogens is 382 g/mol. The van der Waals surface area contributed by atoms with E-state index < -0.39 is 6.61 Å². The lowest BCUT2D eigenvalue weighted by atomic mass is 10.2. The molecule has 0 fully saturated rings. The largest absolute Gasteiger partial charge is 0.490 e. The molecule has 0 aliphatic rings. The van der Waals surface area contributed by atoms with Gasteiger partial charge in [0.1, 0.15) is 0 Å². The molecule has 1 amide bonds. The first-order chi connectivity index (χ1) is 13.9. The van der Waals surface area contributed by atoms with Crippen molar-refractivity contribution in [3.8, 4) is 17.4 Å². The molecule has 0 aliphatic heterocycles. The number of amides is 1. The van der Waals surface area contributed by atoms with E-state index in [1.54, 1.807) is 31.3 Å². The van der Waals surface area contributed by atoms with E-state index in [0.717, 1.165) is 5.56 Å². The SMILES string of the molecule is CCOc1cc(/C=C/C(=O)NCc2ccc(OC(C)C)nc2)ccc1OC(F)F. The van der Waals surface area contributed by atoms with Crippen LogP contribution in [0.4, 0.5) is 8.78 Å². The summed E-state index contributed by atoms with van der Waals surface area (Å²) in [6.07, 6.45) is 4.58. The van der Waals surface area contributed by atoms with Crippen LogP contribution in [0, 0.1) is 0 Å². The average Bonchev–Trinajstić information content (AvgIpc) is 2.67. The fourth-order valence-corrected chi connectivity index (χ4v) is 2.34. The molecule has 1 N–H and O–H groups in total.